The van der Waals surface area contributed by atoms with Gasteiger partial charge in [0.15, 0.2) is 0 Å². The number of rotatable bonds is 4. The number of aliphatic hydroxyl groups excluding tert-OH is 1. The summed E-state index contributed by atoms with van der Waals surface area (Å²) in [7, 11) is 0. The molecule has 0 spiro atoms. The highest BCUT2D eigenvalue weighted by molar-refractivity contribution is 5.60. The van der Waals surface area contributed by atoms with E-state index < -0.39 is 4.92 Å². The van der Waals surface area contributed by atoms with E-state index in [4.69, 9.17) is 5.73 Å². The van der Waals surface area contributed by atoms with Crippen LogP contribution in [0.5, 0.6) is 0 Å². The van der Waals surface area contributed by atoms with Gasteiger partial charge in [0.1, 0.15) is 5.69 Å². The van der Waals surface area contributed by atoms with Crippen LogP contribution in [0, 0.1) is 23.0 Å². The molecule has 2 atom stereocenters. The molecule has 1 aromatic rings. The summed E-state index contributed by atoms with van der Waals surface area (Å²) in [4.78, 5) is 18.4. The fourth-order valence-electron chi connectivity index (χ4n) is 2.70. The SMILES string of the molecule is Cc1nc(N)nc(NC2CCCCC2CO)c1[N+](=O)[O-]. The molecule has 2 unspecified atom stereocenters. The molecule has 1 heterocycles. The smallest absolute Gasteiger partial charge is 0.332 e. The summed E-state index contributed by atoms with van der Waals surface area (Å²) in [6.07, 6.45) is 3.85. The molecular formula is C12H19N5O3. The second-order valence-corrected chi connectivity index (χ2v) is 5.10. The van der Waals surface area contributed by atoms with Gasteiger partial charge in [0.25, 0.3) is 0 Å². The van der Waals surface area contributed by atoms with Gasteiger partial charge in [-0.05, 0) is 19.8 Å². The van der Waals surface area contributed by atoms with Crippen molar-refractivity contribution in [3.05, 3.63) is 15.8 Å². The molecule has 1 fully saturated rings. The van der Waals surface area contributed by atoms with Gasteiger partial charge >= 0.3 is 5.69 Å². The first-order valence-corrected chi connectivity index (χ1v) is 6.68. The average Bonchev–Trinajstić information content (AvgIpc) is 2.38. The van der Waals surface area contributed by atoms with Crippen molar-refractivity contribution >= 4 is 17.5 Å². The molecule has 8 nitrogen and oxygen atoms in total. The van der Waals surface area contributed by atoms with Gasteiger partial charge in [0.2, 0.25) is 11.8 Å². The van der Waals surface area contributed by atoms with Crippen molar-refractivity contribution in [3.63, 3.8) is 0 Å². The van der Waals surface area contributed by atoms with E-state index in [-0.39, 0.29) is 41.7 Å². The molecule has 1 aliphatic carbocycles. The summed E-state index contributed by atoms with van der Waals surface area (Å²) in [5, 5.41) is 23.6. The Hall–Kier alpha value is -1.96. The monoisotopic (exact) mass is 281 g/mol. The van der Waals surface area contributed by atoms with Crippen LogP contribution in [0.15, 0.2) is 0 Å². The van der Waals surface area contributed by atoms with Gasteiger partial charge < -0.3 is 16.2 Å². The molecule has 0 amide bonds. The lowest BCUT2D eigenvalue weighted by atomic mass is 9.85. The largest absolute Gasteiger partial charge is 0.396 e. The lowest BCUT2D eigenvalue weighted by Crippen LogP contribution is -2.35. The Morgan fingerprint density at radius 3 is 2.80 bits per heavy atom. The van der Waals surface area contributed by atoms with Crippen LogP contribution in [0.1, 0.15) is 31.4 Å². The molecule has 2 rings (SSSR count). The van der Waals surface area contributed by atoms with E-state index in [1.54, 1.807) is 0 Å². The predicted molar refractivity (Wildman–Crippen MR) is 74.3 cm³/mol. The number of nitro groups is 1. The van der Waals surface area contributed by atoms with Crippen LogP contribution < -0.4 is 11.1 Å². The van der Waals surface area contributed by atoms with Gasteiger partial charge in [-0.15, -0.1) is 0 Å². The van der Waals surface area contributed by atoms with Crippen molar-refractivity contribution in [1.29, 1.82) is 0 Å². The first-order valence-electron chi connectivity index (χ1n) is 6.68. The summed E-state index contributed by atoms with van der Waals surface area (Å²) in [6.45, 7) is 1.59. The Morgan fingerprint density at radius 2 is 2.15 bits per heavy atom. The fraction of sp³-hybridized carbons (Fsp3) is 0.667. The van der Waals surface area contributed by atoms with Crippen LogP contribution in [0.3, 0.4) is 0 Å². The molecule has 0 radical (unpaired) electrons. The standard InChI is InChI=1S/C12H19N5O3/c1-7-10(17(19)20)11(16-12(13)14-7)15-9-5-3-2-4-8(9)6-18/h8-9,18H,2-6H2,1H3,(H3,13,14,15,16). The van der Waals surface area contributed by atoms with Crippen molar-refractivity contribution < 1.29 is 10.0 Å². The van der Waals surface area contributed by atoms with Crippen LogP contribution in [0.4, 0.5) is 17.5 Å². The zero-order valence-electron chi connectivity index (χ0n) is 11.4. The molecule has 0 saturated heterocycles. The van der Waals surface area contributed by atoms with Crippen molar-refractivity contribution in [2.24, 2.45) is 5.92 Å². The minimum absolute atomic E-state index is 0.00644. The van der Waals surface area contributed by atoms with E-state index in [2.05, 4.69) is 15.3 Å². The minimum atomic E-state index is -0.506. The van der Waals surface area contributed by atoms with Gasteiger partial charge in [-0.25, -0.2) is 4.98 Å². The molecule has 0 bridgehead atoms. The zero-order valence-corrected chi connectivity index (χ0v) is 11.4. The van der Waals surface area contributed by atoms with Crippen molar-refractivity contribution in [3.8, 4) is 0 Å². The number of hydrogen-bond acceptors (Lipinski definition) is 7. The van der Waals surface area contributed by atoms with Crippen LogP contribution >= 0.6 is 0 Å². The number of hydrogen-bond donors (Lipinski definition) is 3. The van der Waals surface area contributed by atoms with E-state index in [9.17, 15) is 15.2 Å². The van der Waals surface area contributed by atoms with Gasteiger partial charge in [-0.3, -0.25) is 10.1 Å². The van der Waals surface area contributed by atoms with E-state index in [0.29, 0.717) is 0 Å². The number of nitrogen functional groups attached to an aromatic ring is 1. The Labute approximate surface area is 116 Å². The molecule has 1 aromatic heterocycles. The normalized spacial score (nSPS) is 22.5. The molecule has 0 aromatic carbocycles. The number of nitrogens with one attached hydrogen (secondary N) is 1. The summed E-state index contributed by atoms with van der Waals surface area (Å²) in [5.74, 6) is 0.233. The summed E-state index contributed by atoms with van der Waals surface area (Å²) in [5.41, 5.74) is 5.65. The molecule has 1 aliphatic rings. The molecule has 8 heteroatoms. The molecule has 110 valence electrons. The summed E-state index contributed by atoms with van der Waals surface area (Å²) in [6, 6.07) is -0.0267. The highest BCUT2D eigenvalue weighted by Gasteiger charge is 2.29. The minimum Gasteiger partial charge on any atom is -0.396 e. The van der Waals surface area contributed by atoms with Crippen LogP contribution in [0.2, 0.25) is 0 Å². The van der Waals surface area contributed by atoms with Crippen LogP contribution in [-0.2, 0) is 0 Å². The zero-order chi connectivity index (χ0) is 14.7. The Bertz CT molecular complexity index is 508. The maximum Gasteiger partial charge on any atom is 0.332 e. The summed E-state index contributed by atoms with van der Waals surface area (Å²) < 4.78 is 0. The number of aromatic nitrogens is 2. The van der Waals surface area contributed by atoms with Gasteiger partial charge in [0.05, 0.1) is 4.92 Å². The van der Waals surface area contributed by atoms with E-state index >= 15 is 0 Å². The second kappa shape index (κ2) is 6.00. The maximum atomic E-state index is 11.1. The molecular weight excluding hydrogens is 262 g/mol. The van der Waals surface area contributed by atoms with Crippen molar-refractivity contribution in [2.75, 3.05) is 17.7 Å². The van der Waals surface area contributed by atoms with Crippen molar-refractivity contribution in [1.82, 2.24) is 9.97 Å². The average molecular weight is 281 g/mol. The number of nitrogens with zero attached hydrogens (tertiary/aromatic N) is 3. The summed E-state index contributed by atoms with van der Waals surface area (Å²) >= 11 is 0. The molecule has 0 aliphatic heterocycles. The molecule has 1 saturated carbocycles. The first-order chi connectivity index (χ1) is 9.52. The van der Waals surface area contributed by atoms with Crippen molar-refractivity contribution in [2.45, 2.75) is 38.6 Å². The maximum absolute atomic E-state index is 11.1. The number of aliphatic hydroxyl groups is 1. The Balaban J connectivity index is 2.30. The van der Waals surface area contributed by atoms with E-state index in [1.165, 1.54) is 6.92 Å². The number of anilines is 2. The van der Waals surface area contributed by atoms with E-state index in [0.717, 1.165) is 25.7 Å². The highest BCUT2D eigenvalue weighted by atomic mass is 16.6. The lowest BCUT2D eigenvalue weighted by Gasteiger charge is -2.31. The Kier molecular flexibility index (Phi) is 4.33. The molecule has 4 N–H and O–H groups in total. The third-order valence-electron chi connectivity index (χ3n) is 3.72. The third-order valence-corrected chi connectivity index (χ3v) is 3.72. The van der Waals surface area contributed by atoms with Crippen LogP contribution in [0.25, 0.3) is 0 Å². The van der Waals surface area contributed by atoms with Crippen LogP contribution in [-0.4, -0.2) is 32.6 Å². The van der Waals surface area contributed by atoms with Gasteiger partial charge in [-0.1, -0.05) is 12.8 Å². The van der Waals surface area contributed by atoms with E-state index in [1.807, 2.05) is 0 Å². The topological polar surface area (TPSA) is 127 Å². The predicted octanol–water partition coefficient (Wildman–Crippen LogP) is 1.24. The number of aryl methyl sites for hydroxylation is 1. The van der Waals surface area contributed by atoms with Gasteiger partial charge in [0, 0.05) is 18.6 Å². The second-order valence-electron chi connectivity index (χ2n) is 5.10. The first kappa shape index (κ1) is 14.4. The Morgan fingerprint density at radius 1 is 1.45 bits per heavy atom. The lowest BCUT2D eigenvalue weighted by molar-refractivity contribution is -0.385. The number of nitrogens with two attached hydrogens (primary N) is 1. The highest BCUT2D eigenvalue weighted by Crippen LogP contribution is 2.31. The third kappa shape index (κ3) is 2.96. The quantitative estimate of drug-likeness (QED) is 0.559. The van der Waals surface area contributed by atoms with Gasteiger partial charge in [-0.2, -0.15) is 4.98 Å². The fourth-order valence-corrected chi connectivity index (χ4v) is 2.70. The molecule has 20 heavy (non-hydrogen) atoms.